The van der Waals surface area contributed by atoms with Crippen LogP contribution in [-0.4, -0.2) is 9.82 Å². The Labute approximate surface area is 165 Å². The van der Waals surface area contributed by atoms with Gasteiger partial charge in [0, 0.05) is 5.25 Å². The Morgan fingerprint density at radius 3 is 2.33 bits per heavy atom. The summed E-state index contributed by atoms with van der Waals surface area (Å²) >= 11 is 1.54. The molecule has 2 nitrogen and oxygen atoms in total. The Morgan fingerprint density at radius 1 is 0.963 bits per heavy atom. The molecule has 0 radical (unpaired) electrons. The van der Waals surface area contributed by atoms with Gasteiger partial charge in [0.2, 0.25) is 0 Å². The first-order valence-electron chi connectivity index (χ1n) is 9.06. The summed E-state index contributed by atoms with van der Waals surface area (Å²) in [5.41, 5.74) is 4.73. The Morgan fingerprint density at radius 2 is 1.67 bits per heavy atom. The van der Waals surface area contributed by atoms with Gasteiger partial charge in [0.15, 0.2) is 0 Å². The first-order chi connectivity index (χ1) is 13.0. The molecule has 0 bridgehead atoms. The molecular formula is C24H23NOS. The highest BCUT2D eigenvalue weighted by atomic mass is 32.2. The second kappa shape index (κ2) is 8.79. The van der Waals surface area contributed by atoms with Gasteiger partial charge >= 0.3 is 0 Å². The molecule has 2 aromatic carbocycles. The minimum absolute atomic E-state index is 0.0474. The van der Waals surface area contributed by atoms with E-state index in [2.05, 4.69) is 56.2 Å². The van der Waals surface area contributed by atoms with Crippen LogP contribution in [0, 0.1) is 18.1 Å². The third-order valence-electron chi connectivity index (χ3n) is 4.19. The maximum Gasteiger partial charge on any atom is 0.267 e. The monoisotopic (exact) mass is 373 g/mol. The van der Waals surface area contributed by atoms with E-state index in [1.807, 2.05) is 47.0 Å². The molecule has 0 saturated carbocycles. The van der Waals surface area contributed by atoms with E-state index in [0.29, 0.717) is 17.4 Å². The summed E-state index contributed by atoms with van der Waals surface area (Å²) in [5, 5.41) is 3.47. The highest BCUT2D eigenvalue weighted by molar-refractivity contribution is 8.04. The number of benzene rings is 2. The van der Waals surface area contributed by atoms with Gasteiger partial charge in [-0.1, -0.05) is 85.8 Å². The lowest BCUT2D eigenvalue weighted by molar-refractivity contribution is 0.766. The van der Waals surface area contributed by atoms with Crippen molar-refractivity contribution >= 4 is 11.8 Å². The lowest BCUT2D eigenvalue weighted by Gasteiger charge is -2.14. The zero-order chi connectivity index (χ0) is 19.2. The second-order valence-electron chi connectivity index (χ2n) is 6.77. The van der Waals surface area contributed by atoms with Gasteiger partial charge in [0.1, 0.15) is 0 Å². The van der Waals surface area contributed by atoms with E-state index >= 15 is 0 Å². The quantitative estimate of drug-likeness (QED) is 0.577. The fraction of sp³-hybridized carbons (Fsp3) is 0.208. The molecule has 0 aliphatic carbocycles. The van der Waals surface area contributed by atoms with Gasteiger partial charge in [-0.05, 0) is 41.4 Å². The highest BCUT2D eigenvalue weighted by Crippen LogP contribution is 2.19. The molecule has 3 aromatic rings. The van der Waals surface area contributed by atoms with Gasteiger partial charge in [0.25, 0.3) is 5.56 Å². The summed E-state index contributed by atoms with van der Waals surface area (Å²) in [4.78, 5) is 13.2. The van der Waals surface area contributed by atoms with Crippen LogP contribution in [0.1, 0.15) is 30.5 Å². The van der Waals surface area contributed by atoms with E-state index in [1.165, 1.54) is 17.3 Å². The van der Waals surface area contributed by atoms with Crippen molar-refractivity contribution in [3.05, 3.63) is 93.8 Å². The third-order valence-corrected chi connectivity index (χ3v) is 4.88. The third kappa shape index (κ3) is 4.93. The van der Waals surface area contributed by atoms with Gasteiger partial charge < -0.3 is 4.57 Å². The van der Waals surface area contributed by atoms with E-state index in [1.54, 1.807) is 0 Å². The maximum atomic E-state index is 13.2. The molecule has 0 aliphatic heterocycles. The Hall–Kier alpha value is -2.70. The molecule has 0 aliphatic rings. The van der Waals surface area contributed by atoms with Crippen LogP contribution in [0.5, 0.6) is 0 Å². The molecule has 0 saturated heterocycles. The Bertz CT molecular complexity index is 1020. The summed E-state index contributed by atoms with van der Waals surface area (Å²) in [6, 6.07) is 22.1. The van der Waals surface area contributed by atoms with Crippen LogP contribution < -0.4 is 5.56 Å². The first-order valence-corrected chi connectivity index (χ1v) is 9.94. The molecule has 3 rings (SSSR count). The van der Waals surface area contributed by atoms with Crippen LogP contribution in [0.25, 0.3) is 11.3 Å². The number of hydrogen-bond acceptors (Lipinski definition) is 2. The molecule has 0 spiro atoms. The fourth-order valence-corrected chi connectivity index (χ4v) is 3.17. The van der Waals surface area contributed by atoms with E-state index in [-0.39, 0.29) is 5.56 Å². The van der Waals surface area contributed by atoms with Crippen molar-refractivity contribution in [3.63, 3.8) is 0 Å². The SMILES string of the molecule is Cc1ccc(Cn2c(-c3ccccc3)ccc(C#CSC(C)C)c2=O)cc1. The first kappa shape index (κ1) is 19.1. The van der Waals surface area contributed by atoms with Crippen LogP contribution in [-0.2, 0) is 6.54 Å². The smallest absolute Gasteiger partial charge is 0.267 e. The molecule has 1 heterocycles. The van der Waals surface area contributed by atoms with Gasteiger partial charge in [-0.25, -0.2) is 0 Å². The number of pyridine rings is 1. The largest absolute Gasteiger partial charge is 0.303 e. The molecule has 27 heavy (non-hydrogen) atoms. The van der Waals surface area contributed by atoms with E-state index in [9.17, 15) is 4.79 Å². The van der Waals surface area contributed by atoms with Crippen molar-refractivity contribution in [2.45, 2.75) is 32.6 Å². The van der Waals surface area contributed by atoms with Crippen molar-refractivity contribution in [3.8, 4) is 22.4 Å². The molecule has 0 N–H and O–H groups in total. The summed E-state index contributed by atoms with van der Waals surface area (Å²) in [6.45, 7) is 6.77. The molecular weight excluding hydrogens is 350 g/mol. The van der Waals surface area contributed by atoms with Gasteiger partial charge in [0.05, 0.1) is 17.8 Å². The predicted molar refractivity (Wildman–Crippen MR) is 116 cm³/mol. The fourth-order valence-electron chi connectivity index (χ4n) is 2.77. The van der Waals surface area contributed by atoms with Gasteiger partial charge in [-0.15, -0.1) is 0 Å². The zero-order valence-electron chi connectivity index (χ0n) is 15.9. The number of thioether (sulfide) groups is 1. The minimum atomic E-state index is -0.0474. The lowest BCUT2D eigenvalue weighted by atomic mass is 10.1. The Balaban J connectivity index is 2.08. The van der Waals surface area contributed by atoms with Crippen LogP contribution in [0.4, 0.5) is 0 Å². The number of aromatic nitrogens is 1. The molecule has 1 aromatic heterocycles. The van der Waals surface area contributed by atoms with Crippen molar-refractivity contribution in [2.24, 2.45) is 0 Å². The topological polar surface area (TPSA) is 22.0 Å². The Kier molecular flexibility index (Phi) is 6.21. The van der Waals surface area contributed by atoms with Crippen LogP contribution in [0.15, 0.2) is 71.5 Å². The summed E-state index contributed by atoms with van der Waals surface area (Å²) in [7, 11) is 0. The van der Waals surface area contributed by atoms with Crippen molar-refractivity contribution in [2.75, 3.05) is 0 Å². The van der Waals surface area contributed by atoms with Gasteiger partial charge in [-0.2, -0.15) is 0 Å². The van der Waals surface area contributed by atoms with Crippen LogP contribution >= 0.6 is 11.8 Å². The van der Waals surface area contributed by atoms with Crippen LogP contribution in [0.3, 0.4) is 0 Å². The standard InChI is InChI=1S/C24H23NOS/c1-18(2)27-16-15-22-13-14-23(21-7-5-4-6-8-21)25(24(22)26)17-20-11-9-19(3)10-12-20/h4-14,18H,17H2,1-3H3. The predicted octanol–water partition coefficient (Wildman–Crippen LogP) is 5.32. The molecule has 3 heteroatoms. The van der Waals surface area contributed by atoms with E-state index < -0.39 is 0 Å². The second-order valence-corrected chi connectivity index (χ2v) is 8.15. The number of aryl methyl sites for hydroxylation is 1. The summed E-state index contributed by atoms with van der Waals surface area (Å²) in [5.74, 6) is 3.04. The molecule has 0 amide bonds. The normalized spacial score (nSPS) is 10.5. The van der Waals surface area contributed by atoms with E-state index in [4.69, 9.17) is 0 Å². The average Bonchev–Trinajstić information content (AvgIpc) is 2.67. The maximum absolute atomic E-state index is 13.2. The molecule has 0 unspecified atom stereocenters. The molecule has 0 atom stereocenters. The minimum Gasteiger partial charge on any atom is -0.303 e. The number of rotatable bonds is 4. The number of hydrogen-bond donors (Lipinski definition) is 0. The molecule has 0 fully saturated rings. The van der Waals surface area contributed by atoms with Crippen molar-refractivity contribution in [1.82, 2.24) is 4.57 Å². The van der Waals surface area contributed by atoms with E-state index in [0.717, 1.165) is 16.8 Å². The average molecular weight is 374 g/mol. The zero-order valence-corrected chi connectivity index (χ0v) is 16.7. The summed E-state index contributed by atoms with van der Waals surface area (Å²) in [6.07, 6.45) is 0. The van der Waals surface area contributed by atoms with Crippen molar-refractivity contribution in [1.29, 1.82) is 0 Å². The molecule has 136 valence electrons. The summed E-state index contributed by atoms with van der Waals surface area (Å²) < 4.78 is 1.82. The van der Waals surface area contributed by atoms with Crippen LogP contribution in [0.2, 0.25) is 0 Å². The van der Waals surface area contributed by atoms with Gasteiger partial charge in [-0.3, -0.25) is 4.79 Å². The van der Waals surface area contributed by atoms with Crippen molar-refractivity contribution < 1.29 is 0 Å². The lowest BCUT2D eigenvalue weighted by Crippen LogP contribution is -2.24. The highest BCUT2D eigenvalue weighted by Gasteiger charge is 2.10. The number of nitrogens with zero attached hydrogens (tertiary/aromatic N) is 1.